The van der Waals surface area contributed by atoms with Gasteiger partial charge >= 0.3 is 12.1 Å². The number of hydrogen-bond acceptors (Lipinski definition) is 5. The van der Waals surface area contributed by atoms with Crippen LogP contribution in [0.15, 0.2) is 18.2 Å². The second-order valence-electron chi connectivity index (χ2n) is 7.93. The van der Waals surface area contributed by atoms with Crippen LogP contribution < -0.4 is 5.32 Å². The predicted molar refractivity (Wildman–Crippen MR) is 99.0 cm³/mol. The van der Waals surface area contributed by atoms with Gasteiger partial charge in [-0.15, -0.1) is 0 Å². The molecule has 27 heavy (non-hydrogen) atoms. The number of rotatable bonds is 5. The zero-order valence-corrected chi connectivity index (χ0v) is 15.9. The molecule has 0 aromatic heterocycles. The number of amides is 1. The zero-order valence-electron chi connectivity index (χ0n) is 15.9. The van der Waals surface area contributed by atoms with Crippen LogP contribution in [0.2, 0.25) is 0 Å². The quantitative estimate of drug-likeness (QED) is 0.588. The fourth-order valence-corrected chi connectivity index (χ4v) is 3.42. The van der Waals surface area contributed by atoms with E-state index in [0.29, 0.717) is 12.1 Å². The Balaban J connectivity index is 1.97. The van der Waals surface area contributed by atoms with Gasteiger partial charge in [0.1, 0.15) is 5.60 Å². The van der Waals surface area contributed by atoms with Crippen LogP contribution >= 0.6 is 0 Å². The SMILES string of the molecule is CC(C)(C)OC(=O)NC[C@H]1CC[C@@H](c2cc([N+](=O)[O-])ccc2C(=O)O)CC1. The predicted octanol–water partition coefficient (Wildman–Crippen LogP) is 4.09. The van der Waals surface area contributed by atoms with Crippen molar-refractivity contribution in [2.75, 3.05) is 6.54 Å². The number of aromatic carboxylic acids is 1. The third-order valence-electron chi connectivity index (χ3n) is 4.70. The van der Waals surface area contributed by atoms with E-state index in [1.54, 1.807) is 20.8 Å². The van der Waals surface area contributed by atoms with Gasteiger partial charge in [-0.05, 0) is 69.9 Å². The number of non-ortho nitro benzene ring substituents is 1. The van der Waals surface area contributed by atoms with Crippen LogP contribution in [0.4, 0.5) is 10.5 Å². The van der Waals surface area contributed by atoms with Crippen molar-refractivity contribution in [2.45, 2.75) is 58.0 Å². The lowest BCUT2D eigenvalue weighted by Crippen LogP contribution is -2.36. The molecule has 0 unspecified atom stereocenters. The molecule has 0 heterocycles. The van der Waals surface area contributed by atoms with Gasteiger partial charge in [0.2, 0.25) is 0 Å². The average molecular weight is 378 g/mol. The number of nitrogens with zero attached hydrogens (tertiary/aromatic N) is 1. The molecule has 1 aromatic rings. The lowest BCUT2D eigenvalue weighted by molar-refractivity contribution is -0.384. The fraction of sp³-hybridized carbons (Fsp3) is 0.579. The summed E-state index contributed by atoms with van der Waals surface area (Å²) in [5.41, 5.74) is 0.00619. The van der Waals surface area contributed by atoms with E-state index in [-0.39, 0.29) is 23.1 Å². The molecule has 0 saturated heterocycles. The molecule has 0 bridgehead atoms. The summed E-state index contributed by atoms with van der Waals surface area (Å²) in [6.45, 7) is 5.91. The molecule has 2 rings (SSSR count). The van der Waals surface area contributed by atoms with Gasteiger partial charge < -0.3 is 15.2 Å². The monoisotopic (exact) mass is 378 g/mol. The molecule has 8 nitrogen and oxygen atoms in total. The fourth-order valence-electron chi connectivity index (χ4n) is 3.42. The summed E-state index contributed by atoms with van der Waals surface area (Å²) < 4.78 is 5.22. The number of hydrogen-bond donors (Lipinski definition) is 2. The van der Waals surface area contributed by atoms with Crippen LogP contribution in [-0.4, -0.2) is 34.2 Å². The molecule has 0 spiro atoms. The minimum atomic E-state index is -1.08. The van der Waals surface area contributed by atoms with Crippen molar-refractivity contribution < 1.29 is 24.4 Å². The molecule has 0 atom stereocenters. The van der Waals surface area contributed by atoms with E-state index in [4.69, 9.17) is 4.74 Å². The number of carboxylic acids is 1. The second-order valence-corrected chi connectivity index (χ2v) is 7.93. The number of carboxylic acid groups (broad SMARTS) is 1. The van der Waals surface area contributed by atoms with Gasteiger partial charge in [0, 0.05) is 18.7 Å². The third kappa shape index (κ3) is 5.94. The number of nitro groups is 1. The first-order valence-corrected chi connectivity index (χ1v) is 9.05. The third-order valence-corrected chi connectivity index (χ3v) is 4.70. The summed E-state index contributed by atoms with van der Waals surface area (Å²) in [5.74, 6) is -0.830. The highest BCUT2D eigenvalue weighted by atomic mass is 16.6. The molecule has 1 aliphatic rings. The Labute approximate surface area is 158 Å². The summed E-state index contributed by atoms with van der Waals surface area (Å²) in [6.07, 6.45) is 2.62. The Hall–Kier alpha value is -2.64. The van der Waals surface area contributed by atoms with Crippen LogP contribution in [0.5, 0.6) is 0 Å². The maximum absolute atomic E-state index is 11.7. The average Bonchev–Trinajstić information content (AvgIpc) is 2.58. The van der Waals surface area contributed by atoms with Crippen LogP contribution in [0, 0.1) is 16.0 Å². The number of ether oxygens (including phenoxy) is 1. The largest absolute Gasteiger partial charge is 0.478 e. The van der Waals surface area contributed by atoms with E-state index in [0.717, 1.165) is 25.7 Å². The van der Waals surface area contributed by atoms with Crippen molar-refractivity contribution in [3.05, 3.63) is 39.4 Å². The molecule has 148 valence electrons. The molecule has 1 aromatic carbocycles. The van der Waals surface area contributed by atoms with Gasteiger partial charge in [0.05, 0.1) is 10.5 Å². The topological polar surface area (TPSA) is 119 Å². The van der Waals surface area contributed by atoms with Crippen molar-refractivity contribution >= 4 is 17.7 Å². The molecule has 1 amide bonds. The van der Waals surface area contributed by atoms with Crippen molar-refractivity contribution in [1.82, 2.24) is 5.32 Å². The van der Waals surface area contributed by atoms with Crippen LogP contribution in [0.25, 0.3) is 0 Å². The molecule has 0 aliphatic heterocycles. The number of alkyl carbamates (subject to hydrolysis) is 1. The van der Waals surface area contributed by atoms with E-state index >= 15 is 0 Å². The highest BCUT2D eigenvalue weighted by Gasteiger charge is 2.28. The Bertz CT molecular complexity index is 717. The molecule has 8 heteroatoms. The lowest BCUT2D eigenvalue weighted by atomic mass is 9.77. The zero-order chi connectivity index (χ0) is 20.2. The Morgan fingerprint density at radius 1 is 1.26 bits per heavy atom. The van der Waals surface area contributed by atoms with Crippen LogP contribution in [0.3, 0.4) is 0 Å². The number of benzene rings is 1. The summed E-state index contributed by atoms with van der Waals surface area (Å²) >= 11 is 0. The molecule has 1 saturated carbocycles. The number of nitro benzene ring substituents is 1. The Morgan fingerprint density at radius 2 is 1.89 bits per heavy atom. The highest BCUT2D eigenvalue weighted by Crippen LogP contribution is 2.38. The highest BCUT2D eigenvalue weighted by molar-refractivity contribution is 5.90. The first kappa shape index (κ1) is 20.7. The van der Waals surface area contributed by atoms with E-state index in [1.165, 1.54) is 18.2 Å². The van der Waals surface area contributed by atoms with Crippen molar-refractivity contribution in [1.29, 1.82) is 0 Å². The lowest BCUT2D eigenvalue weighted by Gasteiger charge is -2.30. The molecular weight excluding hydrogens is 352 g/mol. The van der Waals surface area contributed by atoms with Gasteiger partial charge in [0.15, 0.2) is 0 Å². The van der Waals surface area contributed by atoms with Gasteiger partial charge in [-0.25, -0.2) is 9.59 Å². The van der Waals surface area contributed by atoms with Crippen molar-refractivity contribution in [3.8, 4) is 0 Å². The maximum atomic E-state index is 11.7. The first-order valence-electron chi connectivity index (χ1n) is 9.05. The standard InChI is InChI=1S/C19H26N2O6/c1-19(2,3)27-18(24)20-11-12-4-6-13(7-5-12)16-10-14(21(25)26)8-9-15(16)17(22)23/h8-10,12-13H,4-7,11H2,1-3H3,(H,20,24)(H,22,23)/t12-,13+. The summed E-state index contributed by atoms with van der Waals surface area (Å²) in [7, 11) is 0. The van der Waals surface area contributed by atoms with Crippen molar-refractivity contribution in [2.24, 2.45) is 5.92 Å². The van der Waals surface area contributed by atoms with Gasteiger partial charge in [-0.2, -0.15) is 0 Å². The molecular formula is C19H26N2O6. The van der Waals surface area contributed by atoms with Crippen molar-refractivity contribution in [3.63, 3.8) is 0 Å². The number of carbonyl (C=O) groups is 2. The normalized spacial score (nSPS) is 20.0. The van der Waals surface area contributed by atoms with Crippen LogP contribution in [0.1, 0.15) is 68.3 Å². The molecule has 2 N–H and O–H groups in total. The Kier molecular flexibility index (Phi) is 6.41. The van der Waals surface area contributed by atoms with Gasteiger partial charge in [0.25, 0.3) is 5.69 Å². The van der Waals surface area contributed by atoms with Gasteiger partial charge in [-0.1, -0.05) is 0 Å². The molecule has 1 fully saturated rings. The van der Waals surface area contributed by atoms with Crippen LogP contribution in [-0.2, 0) is 4.74 Å². The van der Waals surface area contributed by atoms with E-state index < -0.39 is 22.6 Å². The Morgan fingerprint density at radius 3 is 2.41 bits per heavy atom. The summed E-state index contributed by atoms with van der Waals surface area (Å²) in [4.78, 5) is 33.7. The van der Waals surface area contributed by atoms with E-state index in [1.807, 2.05) is 0 Å². The minimum absolute atomic E-state index is 0.0335. The van der Waals surface area contributed by atoms with E-state index in [2.05, 4.69) is 5.32 Å². The van der Waals surface area contributed by atoms with Gasteiger partial charge in [-0.3, -0.25) is 10.1 Å². The summed E-state index contributed by atoms with van der Waals surface area (Å²) in [5, 5.41) is 23.2. The van der Waals surface area contributed by atoms with E-state index in [9.17, 15) is 24.8 Å². The first-order chi connectivity index (χ1) is 12.6. The minimum Gasteiger partial charge on any atom is -0.478 e. The number of nitrogens with one attached hydrogen (secondary N) is 1. The molecule has 0 radical (unpaired) electrons. The summed E-state index contributed by atoms with van der Waals surface area (Å²) in [6, 6.07) is 3.92. The number of carbonyl (C=O) groups excluding carboxylic acids is 1. The smallest absolute Gasteiger partial charge is 0.407 e. The maximum Gasteiger partial charge on any atom is 0.407 e. The second kappa shape index (κ2) is 8.37. The molecule has 1 aliphatic carbocycles.